The molecule has 0 radical (unpaired) electrons. The normalized spacial score (nSPS) is 11.1. The maximum absolute atomic E-state index is 2.36. The van der Waals surface area contributed by atoms with Crippen LogP contribution in [0.5, 0.6) is 0 Å². The smallest absolute Gasteiger partial charge is 0.0468 e. The zero-order valence-corrected chi connectivity index (χ0v) is 49.1. The van der Waals surface area contributed by atoms with Crippen molar-refractivity contribution >= 4 is 72.7 Å². The van der Waals surface area contributed by atoms with Gasteiger partial charge in [-0.2, -0.15) is 0 Å². The van der Waals surface area contributed by atoms with Gasteiger partial charge in [-0.05, 0) is 210 Å². The van der Waals surface area contributed by atoms with Gasteiger partial charge in [0.2, 0.25) is 0 Å². The first kappa shape index (κ1) is 53.9. The molecular weight excluding hydrogens is 1070 g/mol. The third-order valence-corrected chi connectivity index (χ3v) is 17.0. The number of hydrogen-bond donors (Lipinski definition) is 0. The summed E-state index contributed by atoms with van der Waals surface area (Å²) in [7, 11) is 0. The Labute approximate surface area is 521 Å². The molecule has 420 valence electrons. The number of rotatable bonds is 15. The summed E-state index contributed by atoms with van der Waals surface area (Å²) in [6.45, 7) is 0. The molecule has 15 rings (SSSR count). The molecule has 0 saturated heterocycles. The quantitative estimate of drug-likeness (QED) is 0.101. The first-order chi connectivity index (χ1) is 44.1. The number of anilines is 9. The van der Waals surface area contributed by atoms with Crippen LogP contribution in [0.1, 0.15) is 0 Å². The summed E-state index contributed by atoms with van der Waals surface area (Å²) in [6.07, 6.45) is 0. The van der Waals surface area contributed by atoms with Crippen LogP contribution in [-0.4, -0.2) is 0 Å². The summed E-state index contributed by atoms with van der Waals surface area (Å²) in [4.78, 5) is 7.05. The zero-order chi connectivity index (χ0) is 59.3. The lowest BCUT2D eigenvalue weighted by atomic mass is 9.99. The number of hydrogen-bond acceptors (Lipinski definition) is 3. The molecule has 0 atom stereocenters. The van der Waals surface area contributed by atoms with E-state index in [1.807, 2.05) is 0 Å². The highest BCUT2D eigenvalue weighted by Gasteiger charge is 2.18. The summed E-state index contributed by atoms with van der Waals surface area (Å²) >= 11 is 0. The first-order valence-corrected chi connectivity index (χ1v) is 30.4. The third-order valence-electron chi connectivity index (χ3n) is 17.0. The van der Waals surface area contributed by atoms with Crippen molar-refractivity contribution < 1.29 is 0 Å². The Morgan fingerprint density at radius 1 is 0.112 bits per heavy atom. The summed E-state index contributed by atoms with van der Waals surface area (Å²) in [5.41, 5.74) is 24.1. The molecule has 0 fully saturated rings. The van der Waals surface area contributed by atoms with Gasteiger partial charge in [0.25, 0.3) is 0 Å². The zero-order valence-electron chi connectivity index (χ0n) is 49.1. The fraction of sp³-hybridized carbons (Fsp3) is 0. The third kappa shape index (κ3) is 11.4. The van der Waals surface area contributed by atoms with E-state index in [2.05, 4.69) is 385 Å². The number of nitrogens with zero attached hydrogens (tertiary/aromatic N) is 3. The van der Waals surface area contributed by atoms with Crippen LogP contribution in [-0.2, 0) is 0 Å². The van der Waals surface area contributed by atoms with Crippen LogP contribution < -0.4 is 14.7 Å². The number of fused-ring (bicyclic) bond motifs is 2. The molecule has 0 aliphatic heterocycles. The van der Waals surface area contributed by atoms with Gasteiger partial charge in [-0.3, -0.25) is 0 Å². The second-order valence-corrected chi connectivity index (χ2v) is 22.6. The molecule has 89 heavy (non-hydrogen) atoms. The average molecular weight is 1140 g/mol. The van der Waals surface area contributed by atoms with Crippen LogP contribution in [0.4, 0.5) is 51.2 Å². The van der Waals surface area contributed by atoms with E-state index >= 15 is 0 Å². The largest absolute Gasteiger partial charge is 0.311 e. The molecular formula is C86H61N3. The predicted molar refractivity (Wildman–Crippen MR) is 378 cm³/mol. The lowest BCUT2D eigenvalue weighted by Gasteiger charge is -2.26. The molecule has 0 heterocycles. The van der Waals surface area contributed by atoms with Crippen molar-refractivity contribution in [2.24, 2.45) is 0 Å². The van der Waals surface area contributed by atoms with Crippen LogP contribution in [0.25, 0.3) is 88.3 Å². The van der Waals surface area contributed by atoms with Crippen LogP contribution in [0.15, 0.2) is 370 Å². The molecule has 0 spiro atoms. The molecule has 0 N–H and O–H groups in total. The predicted octanol–water partition coefficient (Wildman–Crippen LogP) is 24.4. The SMILES string of the molecule is c1ccc(-c2ccc(N(c3ccc(-c4ccccc4)cc3)c3ccc4cc(-c5ccc(N(c6ccccc6)c6ccc(-c7ccc8cc(N(c9ccc(-c%10ccccc%10)cc9)c9ccc(-c%10ccccc%10)cc9)ccc8c7)cc6)cc5)ccc4c3)cc2)cc1. The van der Waals surface area contributed by atoms with Crippen molar-refractivity contribution in [2.75, 3.05) is 14.7 Å². The lowest BCUT2D eigenvalue weighted by Crippen LogP contribution is -2.10. The van der Waals surface area contributed by atoms with Gasteiger partial charge in [0, 0.05) is 51.2 Å². The highest BCUT2D eigenvalue weighted by Crippen LogP contribution is 2.43. The highest BCUT2D eigenvalue weighted by molar-refractivity contribution is 5.95. The van der Waals surface area contributed by atoms with Gasteiger partial charge in [0.1, 0.15) is 0 Å². The van der Waals surface area contributed by atoms with Gasteiger partial charge in [0.15, 0.2) is 0 Å². The topological polar surface area (TPSA) is 9.72 Å². The molecule has 15 aromatic rings. The van der Waals surface area contributed by atoms with Crippen LogP contribution >= 0.6 is 0 Å². The van der Waals surface area contributed by atoms with Crippen LogP contribution in [0.2, 0.25) is 0 Å². The van der Waals surface area contributed by atoms with Crippen molar-refractivity contribution in [1.82, 2.24) is 0 Å². The van der Waals surface area contributed by atoms with Gasteiger partial charge < -0.3 is 14.7 Å². The van der Waals surface area contributed by atoms with E-state index in [1.54, 1.807) is 0 Å². The molecule has 0 aliphatic rings. The fourth-order valence-corrected chi connectivity index (χ4v) is 12.4. The minimum absolute atomic E-state index is 1.08. The van der Waals surface area contributed by atoms with Gasteiger partial charge in [-0.15, -0.1) is 0 Å². The second-order valence-electron chi connectivity index (χ2n) is 22.6. The van der Waals surface area contributed by atoms with Crippen molar-refractivity contribution in [1.29, 1.82) is 0 Å². The Bertz CT molecular complexity index is 4400. The Balaban J connectivity index is 0.688. The molecule has 0 saturated carbocycles. The molecule has 0 aliphatic carbocycles. The van der Waals surface area contributed by atoms with E-state index in [-0.39, 0.29) is 0 Å². The van der Waals surface area contributed by atoms with Gasteiger partial charge in [-0.25, -0.2) is 0 Å². The molecule has 0 amide bonds. The van der Waals surface area contributed by atoms with Crippen LogP contribution in [0, 0.1) is 0 Å². The van der Waals surface area contributed by atoms with E-state index in [0.717, 1.165) is 62.3 Å². The monoisotopic (exact) mass is 1140 g/mol. The van der Waals surface area contributed by atoms with E-state index in [9.17, 15) is 0 Å². The van der Waals surface area contributed by atoms with Crippen molar-refractivity contribution in [3.05, 3.63) is 370 Å². The minimum atomic E-state index is 1.08. The minimum Gasteiger partial charge on any atom is -0.311 e. The van der Waals surface area contributed by atoms with Gasteiger partial charge in [-0.1, -0.05) is 249 Å². The summed E-state index contributed by atoms with van der Waals surface area (Å²) < 4.78 is 0. The van der Waals surface area contributed by atoms with Crippen LogP contribution in [0.3, 0.4) is 0 Å². The van der Waals surface area contributed by atoms with E-state index in [4.69, 9.17) is 0 Å². The first-order valence-electron chi connectivity index (χ1n) is 30.4. The number of para-hydroxylation sites is 1. The lowest BCUT2D eigenvalue weighted by molar-refractivity contribution is 1.28. The average Bonchev–Trinajstić information content (AvgIpc) is 3.80. The van der Waals surface area contributed by atoms with Crippen molar-refractivity contribution in [3.63, 3.8) is 0 Å². The van der Waals surface area contributed by atoms with Gasteiger partial charge in [0.05, 0.1) is 0 Å². The summed E-state index contributed by atoms with van der Waals surface area (Å²) in [6, 6.07) is 134. The molecule has 3 heteroatoms. The van der Waals surface area contributed by atoms with E-state index in [1.165, 1.54) is 77.2 Å². The Morgan fingerprint density at radius 3 is 0.551 bits per heavy atom. The second kappa shape index (κ2) is 24.3. The Morgan fingerprint density at radius 2 is 0.281 bits per heavy atom. The summed E-state index contributed by atoms with van der Waals surface area (Å²) in [5, 5.41) is 4.72. The maximum atomic E-state index is 2.36. The maximum Gasteiger partial charge on any atom is 0.0468 e. The number of benzene rings is 15. The van der Waals surface area contributed by atoms with Crippen molar-refractivity contribution in [3.8, 4) is 66.8 Å². The Kier molecular flexibility index (Phi) is 14.7. The fourth-order valence-electron chi connectivity index (χ4n) is 12.4. The molecule has 15 aromatic carbocycles. The molecule has 0 aromatic heterocycles. The molecule has 0 unspecified atom stereocenters. The molecule has 0 bridgehead atoms. The summed E-state index contributed by atoms with van der Waals surface area (Å²) in [5.74, 6) is 0. The van der Waals surface area contributed by atoms with E-state index < -0.39 is 0 Å². The standard InChI is InChI=1S/C86H61N3/c1-6-16-62(17-7-1)66-30-44-81(45-31-66)88(82-46-32-67(33-47-82)63-18-8-2-9-19-63)85-56-42-74-58-72(26-28-76(74)60-85)70-38-52-79(53-39-70)87(78-24-14-5-15-25-78)80-54-40-71(41-55-80)73-27-29-77-61-86(57-43-75(77)59-73)89(83-48-34-68(35-49-83)64-20-10-3-11-21-64)84-50-36-69(37-51-84)65-22-12-4-13-23-65/h1-61H. The Hall–Kier alpha value is -11.8. The molecule has 3 nitrogen and oxygen atoms in total. The van der Waals surface area contributed by atoms with E-state index in [0.29, 0.717) is 0 Å². The van der Waals surface area contributed by atoms with Gasteiger partial charge >= 0.3 is 0 Å². The van der Waals surface area contributed by atoms with Crippen molar-refractivity contribution in [2.45, 2.75) is 0 Å². The highest BCUT2D eigenvalue weighted by atomic mass is 15.2.